The lowest BCUT2D eigenvalue weighted by molar-refractivity contribution is -0.384. The second-order valence-electron chi connectivity index (χ2n) is 9.11. The zero-order chi connectivity index (χ0) is 23.1. The van der Waals surface area contributed by atoms with E-state index in [1.54, 1.807) is 12.1 Å². The maximum absolute atomic E-state index is 11.0. The maximum atomic E-state index is 11.0. The van der Waals surface area contributed by atoms with Crippen LogP contribution in [0.1, 0.15) is 43.9 Å². The fraction of sp³-hybridized carbons (Fsp3) is 0.360. The minimum atomic E-state index is -1.78. The summed E-state index contributed by atoms with van der Waals surface area (Å²) < 4.78 is 6.15. The Hall–Kier alpha value is -2.54. The Morgan fingerprint density at radius 3 is 2.19 bits per heavy atom. The van der Waals surface area contributed by atoms with Gasteiger partial charge in [-0.25, -0.2) is 0 Å². The number of allylic oxidation sites excluding steroid dienone is 2. The third-order valence-electron chi connectivity index (χ3n) is 5.88. The highest BCUT2D eigenvalue weighted by Crippen LogP contribution is 2.36. The molecule has 0 saturated carbocycles. The van der Waals surface area contributed by atoms with Crippen molar-refractivity contribution in [1.29, 1.82) is 0 Å². The molecule has 0 aliphatic carbocycles. The van der Waals surface area contributed by atoms with Gasteiger partial charge < -0.3 is 9.53 Å². The quantitative estimate of drug-likeness (QED) is 0.208. The van der Waals surface area contributed by atoms with E-state index in [-0.39, 0.29) is 16.6 Å². The van der Waals surface area contributed by atoms with Crippen molar-refractivity contribution >= 4 is 14.0 Å². The van der Waals surface area contributed by atoms with Crippen LogP contribution < -0.4 is 0 Å². The second-order valence-corrected chi connectivity index (χ2v) is 13.9. The molecule has 0 aliphatic rings. The van der Waals surface area contributed by atoms with Gasteiger partial charge >= 0.3 is 0 Å². The number of nitrogens with zero attached hydrogens (tertiary/aromatic N) is 1. The summed E-state index contributed by atoms with van der Waals surface area (Å²) in [6, 6.07) is 15.8. The Bertz CT molecular complexity index is 899. The molecule has 31 heavy (non-hydrogen) atoms. The van der Waals surface area contributed by atoms with E-state index in [1.165, 1.54) is 12.1 Å². The SMILES string of the molecule is CC(C)(C)[Si](C)(C)OC/C=C/C=C\[C@H](c1ccccc1)[C@H](O)c1ccc([N+](=O)[O-])cc1. The van der Waals surface area contributed by atoms with Crippen molar-refractivity contribution in [2.75, 3.05) is 6.61 Å². The first kappa shape index (κ1) is 24.7. The molecule has 6 heteroatoms. The molecule has 2 rings (SSSR count). The molecule has 5 nitrogen and oxygen atoms in total. The van der Waals surface area contributed by atoms with Crippen molar-refractivity contribution in [2.45, 2.75) is 50.9 Å². The summed E-state index contributed by atoms with van der Waals surface area (Å²) in [6.45, 7) is 11.7. The van der Waals surface area contributed by atoms with E-state index in [9.17, 15) is 15.2 Å². The van der Waals surface area contributed by atoms with Gasteiger partial charge in [-0.3, -0.25) is 10.1 Å². The number of hydrogen-bond acceptors (Lipinski definition) is 4. The zero-order valence-electron chi connectivity index (χ0n) is 19.0. The number of nitro groups is 1. The Balaban J connectivity index is 2.13. The largest absolute Gasteiger partial charge is 0.413 e. The minimum absolute atomic E-state index is 0.00687. The number of aliphatic hydroxyl groups excluding tert-OH is 1. The van der Waals surface area contributed by atoms with Gasteiger partial charge in [-0.2, -0.15) is 0 Å². The average molecular weight is 440 g/mol. The molecule has 2 aromatic rings. The molecular formula is C25H33NO4Si. The lowest BCUT2D eigenvalue weighted by atomic mass is 9.88. The van der Waals surface area contributed by atoms with Crippen LogP contribution in [0.4, 0.5) is 5.69 Å². The average Bonchev–Trinajstić information content (AvgIpc) is 2.72. The summed E-state index contributed by atoms with van der Waals surface area (Å²) in [7, 11) is -1.78. The summed E-state index contributed by atoms with van der Waals surface area (Å²) in [5.74, 6) is -0.284. The standard InChI is InChI=1S/C25H33NO4Si/c1-25(2,3)31(4,5)30-19-11-7-10-14-23(20-12-8-6-9-13-20)24(27)21-15-17-22(18-16-21)26(28)29/h6-18,23-24,27H,19H2,1-5H3/b11-7+,14-10-/t23-,24-/m1/s1. The molecule has 2 atom stereocenters. The fourth-order valence-electron chi connectivity index (χ4n) is 2.87. The molecule has 0 amide bonds. The van der Waals surface area contributed by atoms with Crippen LogP contribution in [0, 0.1) is 10.1 Å². The van der Waals surface area contributed by atoms with Gasteiger partial charge in [0.05, 0.1) is 17.6 Å². The van der Waals surface area contributed by atoms with E-state index in [1.807, 2.05) is 54.6 Å². The first-order valence-electron chi connectivity index (χ1n) is 10.5. The van der Waals surface area contributed by atoms with Crippen molar-refractivity contribution < 1.29 is 14.5 Å². The third-order valence-corrected chi connectivity index (χ3v) is 10.4. The molecule has 166 valence electrons. The first-order valence-corrected chi connectivity index (χ1v) is 13.4. The Morgan fingerprint density at radius 2 is 1.65 bits per heavy atom. The van der Waals surface area contributed by atoms with E-state index in [0.29, 0.717) is 12.2 Å². The molecule has 2 aromatic carbocycles. The van der Waals surface area contributed by atoms with Gasteiger partial charge in [-0.15, -0.1) is 0 Å². The van der Waals surface area contributed by atoms with Crippen LogP contribution in [0.5, 0.6) is 0 Å². The van der Waals surface area contributed by atoms with Crippen molar-refractivity contribution in [3.63, 3.8) is 0 Å². The second kappa shape index (κ2) is 10.7. The maximum Gasteiger partial charge on any atom is 0.269 e. The monoisotopic (exact) mass is 439 g/mol. The van der Waals surface area contributed by atoms with Gasteiger partial charge in [0.15, 0.2) is 8.32 Å². The Kier molecular flexibility index (Phi) is 8.50. The van der Waals surface area contributed by atoms with Crippen molar-refractivity contribution in [3.8, 4) is 0 Å². The summed E-state index contributed by atoms with van der Waals surface area (Å²) >= 11 is 0. The van der Waals surface area contributed by atoms with Gasteiger partial charge in [-0.05, 0) is 41.4 Å². The molecule has 0 spiro atoms. The molecule has 0 bridgehead atoms. The molecular weight excluding hydrogens is 406 g/mol. The predicted molar refractivity (Wildman–Crippen MR) is 129 cm³/mol. The fourth-order valence-corrected chi connectivity index (χ4v) is 3.81. The lowest BCUT2D eigenvalue weighted by Gasteiger charge is -2.35. The molecule has 0 radical (unpaired) electrons. The van der Waals surface area contributed by atoms with Gasteiger partial charge in [0.1, 0.15) is 0 Å². The first-order chi connectivity index (χ1) is 14.5. The van der Waals surface area contributed by atoms with Crippen molar-refractivity contribution in [3.05, 3.63) is 100 Å². The number of benzene rings is 2. The summed E-state index contributed by atoms with van der Waals surface area (Å²) in [5.41, 5.74) is 1.61. The van der Waals surface area contributed by atoms with Crippen LogP contribution >= 0.6 is 0 Å². The lowest BCUT2D eigenvalue weighted by Crippen LogP contribution is -2.40. The van der Waals surface area contributed by atoms with Crippen LogP contribution in [-0.4, -0.2) is 25.0 Å². The highest BCUT2D eigenvalue weighted by atomic mass is 28.4. The van der Waals surface area contributed by atoms with E-state index < -0.39 is 19.3 Å². The number of non-ortho nitro benzene ring substituents is 1. The van der Waals surface area contributed by atoms with E-state index in [0.717, 1.165) is 5.56 Å². The van der Waals surface area contributed by atoms with Gasteiger partial charge in [0.25, 0.3) is 5.69 Å². The number of rotatable bonds is 9. The summed E-state index contributed by atoms with van der Waals surface area (Å²) in [4.78, 5) is 10.5. The highest BCUT2D eigenvalue weighted by Gasteiger charge is 2.36. The normalized spacial score (nSPS) is 14.8. The van der Waals surface area contributed by atoms with E-state index >= 15 is 0 Å². The van der Waals surface area contributed by atoms with Gasteiger partial charge in [-0.1, -0.05) is 75.4 Å². The van der Waals surface area contributed by atoms with E-state index in [2.05, 4.69) is 33.9 Å². The van der Waals surface area contributed by atoms with Gasteiger partial charge in [0, 0.05) is 18.1 Å². The van der Waals surface area contributed by atoms with Crippen LogP contribution in [-0.2, 0) is 4.43 Å². The van der Waals surface area contributed by atoms with Crippen molar-refractivity contribution in [2.24, 2.45) is 0 Å². The molecule has 0 heterocycles. The molecule has 0 aliphatic heterocycles. The molecule has 0 fully saturated rings. The zero-order valence-corrected chi connectivity index (χ0v) is 20.0. The highest BCUT2D eigenvalue weighted by molar-refractivity contribution is 6.74. The predicted octanol–water partition coefficient (Wildman–Crippen LogP) is 6.55. The smallest absolute Gasteiger partial charge is 0.269 e. The number of hydrogen-bond donors (Lipinski definition) is 1. The van der Waals surface area contributed by atoms with Crippen LogP contribution in [0.15, 0.2) is 78.9 Å². The van der Waals surface area contributed by atoms with Crippen molar-refractivity contribution in [1.82, 2.24) is 0 Å². The molecule has 0 saturated heterocycles. The van der Waals surface area contributed by atoms with E-state index in [4.69, 9.17) is 4.43 Å². The molecule has 0 aromatic heterocycles. The molecule has 0 unspecified atom stereocenters. The summed E-state index contributed by atoms with van der Waals surface area (Å²) in [5, 5.41) is 22.1. The van der Waals surface area contributed by atoms with Crippen LogP contribution in [0.3, 0.4) is 0 Å². The Labute approximate surface area is 186 Å². The van der Waals surface area contributed by atoms with Gasteiger partial charge in [0.2, 0.25) is 0 Å². The number of aliphatic hydroxyl groups is 1. The topological polar surface area (TPSA) is 72.6 Å². The Morgan fingerprint density at radius 1 is 1.03 bits per heavy atom. The third kappa shape index (κ3) is 6.99. The van der Waals surface area contributed by atoms with Crippen LogP contribution in [0.25, 0.3) is 0 Å². The minimum Gasteiger partial charge on any atom is -0.413 e. The summed E-state index contributed by atoms with van der Waals surface area (Å²) in [6.07, 6.45) is 6.96. The molecule has 1 N–H and O–H groups in total. The van der Waals surface area contributed by atoms with Crippen LogP contribution in [0.2, 0.25) is 18.1 Å². The number of nitro benzene ring substituents is 1.